The number of rotatable bonds is 8. The van der Waals surface area contributed by atoms with Gasteiger partial charge in [-0.05, 0) is 61.3 Å². The summed E-state index contributed by atoms with van der Waals surface area (Å²) in [5, 5.41) is 9.09. The Balaban J connectivity index is 0.00000300. The minimum absolute atomic E-state index is 0. The number of thiophene rings is 1. The van der Waals surface area contributed by atoms with Crippen LogP contribution in [0, 0.1) is 5.92 Å². The molecular weight excluding hydrogens is 495 g/mol. The lowest BCUT2D eigenvalue weighted by molar-refractivity contribution is 0.179. The van der Waals surface area contributed by atoms with Gasteiger partial charge in [-0.1, -0.05) is 24.3 Å². The minimum Gasteiger partial charge on any atom is -0.496 e. The summed E-state index contributed by atoms with van der Waals surface area (Å²) in [4.78, 5) is 8.41. The second-order valence-corrected chi connectivity index (χ2v) is 8.27. The van der Waals surface area contributed by atoms with Crippen LogP contribution in [-0.4, -0.2) is 51.2 Å². The Morgan fingerprint density at radius 2 is 1.97 bits per heavy atom. The van der Waals surface area contributed by atoms with Crippen LogP contribution in [0.15, 0.2) is 46.8 Å². The van der Waals surface area contributed by atoms with Crippen molar-refractivity contribution in [3.63, 3.8) is 0 Å². The predicted octanol–water partition coefficient (Wildman–Crippen LogP) is 3.99. The summed E-state index contributed by atoms with van der Waals surface area (Å²) in [5.74, 6) is 2.55. The smallest absolute Gasteiger partial charge is 0.190 e. The van der Waals surface area contributed by atoms with E-state index in [1.807, 2.05) is 30.5 Å². The van der Waals surface area contributed by atoms with E-state index in [0.717, 1.165) is 37.8 Å². The van der Waals surface area contributed by atoms with Crippen molar-refractivity contribution in [2.75, 3.05) is 40.3 Å². The van der Waals surface area contributed by atoms with E-state index in [9.17, 15) is 0 Å². The molecule has 2 N–H and O–H groups in total. The van der Waals surface area contributed by atoms with Crippen molar-refractivity contribution in [3.8, 4) is 5.75 Å². The molecule has 0 spiro atoms. The van der Waals surface area contributed by atoms with Gasteiger partial charge in [0.1, 0.15) is 5.75 Å². The molecule has 7 heteroatoms. The average Bonchev–Trinajstić information content (AvgIpc) is 3.25. The number of halogens is 1. The van der Waals surface area contributed by atoms with Gasteiger partial charge in [-0.2, -0.15) is 0 Å². The fourth-order valence-electron chi connectivity index (χ4n) is 3.66. The van der Waals surface area contributed by atoms with E-state index in [1.54, 1.807) is 7.11 Å². The maximum absolute atomic E-state index is 5.42. The summed E-state index contributed by atoms with van der Waals surface area (Å²) in [6.45, 7) is 5.29. The average molecular weight is 529 g/mol. The monoisotopic (exact) mass is 528 g/mol. The Morgan fingerprint density at radius 3 is 2.66 bits per heavy atom. The maximum atomic E-state index is 5.42. The van der Waals surface area contributed by atoms with Gasteiger partial charge in [-0.25, -0.2) is 0 Å². The molecule has 160 valence electrons. The summed E-state index contributed by atoms with van der Waals surface area (Å²) in [7, 11) is 3.56. The molecule has 5 nitrogen and oxygen atoms in total. The molecule has 29 heavy (non-hydrogen) atoms. The highest BCUT2D eigenvalue weighted by Crippen LogP contribution is 2.20. The van der Waals surface area contributed by atoms with Crippen molar-refractivity contribution in [1.82, 2.24) is 15.5 Å². The van der Waals surface area contributed by atoms with Crippen molar-refractivity contribution in [2.24, 2.45) is 10.9 Å². The van der Waals surface area contributed by atoms with Crippen molar-refractivity contribution in [3.05, 3.63) is 52.2 Å². The Morgan fingerprint density at radius 1 is 1.17 bits per heavy atom. The third-order valence-corrected chi connectivity index (χ3v) is 6.19. The first-order valence-electron chi connectivity index (χ1n) is 10.1. The second-order valence-electron chi connectivity index (χ2n) is 7.24. The lowest BCUT2D eigenvalue weighted by atomic mass is 9.97. The molecule has 1 aromatic heterocycles. The highest BCUT2D eigenvalue weighted by molar-refractivity contribution is 14.0. The van der Waals surface area contributed by atoms with Gasteiger partial charge in [0.15, 0.2) is 5.96 Å². The number of aliphatic imine (C=N–C) groups is 1. The minimum atomic E-state index is 0. The molecule has 1 saturated heterocycles. The number of methoxy groups -OCH3 is 1. The fraction of sp³-hybridized carbons (Fsp3) is 0.500. The summed E-state index contributed by atoms with van der Waals surface area (Å²) < 4.78 is 5.42. The van der Waals surface area contributed by atoms with Gasteiger partial charge >= 0.3 is 0 Å². The summed E-state index contributed by atoms with van der Waals surface area (Å²) in [5.41, 5.74) is 1.21. The van der Waals surface area contributed by atoms with E-state index < -0.39 is 0 Å². The largest absolute Gasteiger partial charge is 0.496 e. The number of hydrogen-bond acceptors (Lipinski definition) is 4. The molecule has 1 aliphatic rings. The van der Waals surface area contributed by atoms with Gasteiger partial charge in [-0.15, -0.1) is 35.3 Å². The first-order chi connectivity index (χ1) is 13.8. The van der Waals surface area contributed by atoms with Crippen LogP contribution in [0.1, 0.15) is 23.3 Å². The van der Waals surface area contributed by atoms with E-state index in [2.05, 4.69) is 50.2 Å². The molecule has 0 unspecified atom stereocenters. The number of piperidine rings is 1. The zero-order valence-electron chi connectivity index (χ0n) is 17.4. The molecule has 1 aromatic carbocycles. The molecule has 1 aliphatic heterocycles. The SMILES string of the molecule is CN=C(NCCc1ccccc1OC)NCC1CCN(Cc2cccs2)CC1.I. The quantitative estimate of drug-likeness (QED) is 0.309. The summed E-state index contributed by atoms with van der Waals surface area (Å²) in [6.07, 6.45) is 3.40. The first kappa shape index (κ1) is 24.0. The first-order valence-corrected chi connectivity index (χ1v) is 11.0. The Labute approximate surface area is 196 Å². The van der Waals surface area contributed by atoms with Crippen LogP contribution < -0.4 is 15.4 Å². The van der Waals surface area contributed by atoms with E-state index in [1.165, 1.54) is 36.4 Å². The lowest BCUT2D eigenvalue weighted by Crippen LogP contribution is -2.43. The third-order valence-electron chi connectivity index (χ3n) is 5.33. The maximum Gasteiger partial charge on any atom is 0.190 e. The van der Waals surface area contributed by atoms with Crippen LogP contribution in [0.25, 0.3) is 0 Å². The molecule has 0 radical (unpaired) electrons. The van der Waals surface area contributed by atoms with Crippen molar-refractivity contribution < 1.29 is 4.74 Å². The number of nitrogens with one attached hydrogen (secondary N) is 2. The summed E-state index contributed by atoms with van der Waals surface area (Å²) in [6, 6.07) is 12.5. The topological polar surface area (TPSA) is 48.9 Å². The van der Waals surface area contributed by atoms with Crippen molar-refractivity contribution in [2.45, 2.75) is 25.8 Å². The highest BCUT2D eigenvalue weighted by Gasteiger charge is 2.19. The van der Waals surface area contributed by atoms with Crippen LogP contribution in [0.2, 0.25) is 0 Å². The lowest BCUT2D eigenvalue weighted by Gasteiger charge is -2.32. The predicted molar refractivity (Wildman–Crippen MR) is 134 cm³/mol. The van der Waals surface area contributed by atoms with Crippen LogP contribution in [-0.2, 0) is 13.0 Å². The Bertz CT molecular complexity index is 730. The zero-order valence-corrected chi connectivity index (χ0v) is 20.5. The number of nitrogens with zero attached hydrogens (tertiary/aromatic N) is 2. The number of likely N-dealkylation sites (tertiary alicyclic amines) is 1. The molecular formula is C22H33IN4OS. The van der Waals surface area contributed by atoms with Gasteiger partial charge in [0.25, 0.3) is 0 Å². The van der Waals surface area contributed by atoms with Gasteiger partial charge in [-0.3, -0.25) is 9.89 Å². The number of para-hydroxylation sites is 1. The highest BCUT2D eigenvalue weighted by atomic mass is 127. The molecule has 0 amide bonds. The van der Waals surface area contributed by atoms with Crippen LogP contribution in [0.4, 0.5) is 0 Å². The Hall–Kier alpha value is -1.32. The molecule has 0 bridgehead atoms. The van der Waals surface area contributed by atoms with E-state index in [-0.39, 0.29) is 24.0 Å². The molecule has 0 atom stereocenters. The zero-order chi connectivity index (χ0) is 19.6. The normalized spacial score (nSPS) is 15.6. The van der Waals surface area contributed by atoms with Crippen molar-refractivity contribution >= 4 is 41.3 Å². The molecule has 0 saturated carbocycles. The summed E-state index contributed by atoms with van der Waals surface area (Å²) >= 11 is 1.86. The molecule has 2 heterocycles. The van der Waals surface area contributed by atoms with Gasteiger partial charge in [0.2, 0.25) is 0 Å². The van der Waals surface area contributed by atoms with E-state index in [0.29, 0.717) is 5.92 Å². The van der Waals surface area contributed by atoms with Crippen LogP contribution in [0.5, 0.6) is 5.75 Å². The van der Waals surface area contributed by atoms with Crippen molar-refractivity contribution in [1.29, 1.82) is 0 Å². The van der Waals surface area contributed by atoms with Gasteiger partial charge < -0.3 is 15.4 Å². The second kappa shape index (κ2) is 13.1. The Kier molecular flexibility index (Phi) is 10.8. The van der Waals surface area contributed by atoms with Crippen LogP contribution in [0.3, 0.4) is 0 Å². The van der Waals surface area contributed by atoms with E-state index in [4.69, 9.17) is 4.74 Å². The van der Waals surface area contributed by atoms with Gasteiger partial charge in [0, 0.05) is 31.6 Å². The number of guanidine groups is 1. The standard InChI is InChI=1S/C22H32N4OS.HI/c1-23-22(24-12-9-19-6-3-4-8-21(19)27-2)25-16-18-10-13-26(14-11-18)17-20-7-5-15-28-20;/h3-8,15,18H,9-14,16-17H2,1-2H3,(H2,23,24,25);1H. The van der Waals surface area contributed by atoms with Crippen LogP contribution >= 0.6 is 35.3 Å². The van der Waals surface area contributed by atoms with Gasteiger partial charge in [0.05, 0.1) is 7.11 Å². The number of ether oxygens (including phenoxy) is 1. The number of hydrogen-bond donors (Lipinski definition) is 2. The molecule has 1 fully saturated rings. The third kappa shape index (κ3) is 7.79. The molecule has 2 aromatic rings. The number of benzene rings is 1. The van der Waals surface area contributed by atoms with E-state index >= 15 is 0 Å². The molecule has 3 rings (SSSR count). The molecule has 0 aliphatic carbocycles. The fourth-order valence-corrected chi connectivity index (χ4v) is 4.40.